The molecule has 3 N–H and O–H groups in total. The molecule has 150 valence electrons. The lowest BCUT2D eigenvalue weighted by molar-refractivity contribution is -0.136. The monoisotopic (exact) mass is 396 g/mol. The van der Waals surface area contributed by atoms with Crippen molar-refractivity contribution in [1.29, 1.82) is 0 Å². The van der Waals surface area contributed by atoms with Gasteiger partial charge < -0.3 is 25.6 Å². The Balaban J connectivity index is 0.00000261. The topological polar surface area (TPSA) is 87.9 Å². The number of nitrogens with one attached hydrogen (secondary N) is 1. The van der Waals surface area contributed by atoms with Crippen LogP contribution in [-0.2, 0) is 9.53 Å². The summed E-state index contributed by atoms with van der Waals surface area (Å²) in [6.07, 6.45) is 1.68. The van der Waals surface area contributed by atoms with Crippen molar-refractivity contribution in [3.63, 3.8) is 0 Å². The predicted molar refractivity (Wildman–Crippen MR) is 107 cm³/mol. The fourth-order valence-corrected chi connectivity index (χ4v) is 3.54. The third kappa shape index (κ3) is 5.57. The van der Waals surface area contributed by atoms with E-state index in [1.165, 1.54) is 0 Å². The molecule has 3 amide bonds. The van der Waals surface area contributed by atoms with E-state index in [2.05, 4.69) is 5.32 Å². The van der Waals surface area contributed by atoms with Gasteiger partial charge in [-0.3, -0.25) is 4.79 Å². The highest BCUT2D eigenvalue weighted by molar-refractivity contribution is 5.89. The number of carbonyl (C=O) groups is 2. The summed E-state index contributed by atoms with van der Waals surface area (Å²) in [5.74, 6) is 0.189. The molecule has 27 heavy (non-hydrogen) atoms. The van der Waals surface area contributed by atoms with E-state index < -0.39 is 6.04 Å². The van der Waals surface area contributed by atoms with E-state index >= 15 is 0 Å². The van der Waals surface area contributed by atoms with Crippen LogP contribution in [0.1, 0.15) is 18.4 Å². The Labute approximate surface area is 166 Å². The van der Waals surface area contributed by atoms with Gasteiger partial charge in [0.15, 0.2) is 0 Å². The molecule has 1 unspecified atom stereocenters. The second-order valence-corrected chi connectivity index (χ2v) is 7.09. The zero-order chi connectivity index (χ0) is 18.5. The van der Waals surface area contributed by atoms with Crippen molar-refractivity contribution in [3.8, 4) is 0 Å². The zero-order valence-electron chi connectivity index (χ0n) is 15.7. The summed E-state index contributed by atoms with van der Waals surface area (Å²) in [7, 11) is 0. The minimum Gasteiger partial charge on any atom is -0.381 e. The van der Waals surface area contributed by atoms with Gasteiger partial charge in [-0.15, -0.1) is 12.4 Å². The number of rotatable bonds is 3. The number of nitrogens with zero attached hydrogens (tertiary/aromatic N) is 2. The van der Waals surface area contributed by atoms with E-state index in [4.69, 9.17) is 10.5 Å². The molecule has 3 rings (SSSR count). The largest absolute Gasteiger partial charge is 0.381 e. The number of nitrogens with two attached hydrogens (primary N) is 1. The van der Waals surface area contributed by atoms with E-state index in [0.717, 1.165) is 24.1 Å². The van der Waals surface area contributed by atoms with Crippen molar-refractivity contribution in [2.75, 3.05) is 44.7 Å². The summed E-state index contributed by atoms with van der Waals surface area (Å²) in [5, 5.41) is 2.92. The molecule has 2 heterocycles. The second-order valence-electron chi connectivity index (χ2n) is 7.09. The number of piperazine rings is 1. The Morgan fingerprint density at radius 1 is 1.15 bits per heavy atom. The van der Waals surface area contributed by atoms with Crippen LogP contribution in [0.2, 0.25) is 0 Å². The maximum absolute atomic E-state index is 12.6. The molecule has 1 aromatic carbocycles. The van der Waals surface area contributed by atoms with Crippen molar-refractivity contribution in [3.05, 3.63) is 29.8 Å². The van der Waals surface area contributed by atoms with Crippen LogP contribution < -0.4 is 11.1 Å². The first kappa shape index (κ1) is 21.5. The molecule has 2 saturated heterocycles. The Hall–Kier alpha value is -1.83. The Morgan fingerprint density at radius 2 is 1.78 bits per heavy atom. The third-order valence-electron chi connectivity index (χ3n) is 5.21. The average Bonchev–Trinajstić information content (AvgIpc) is 2.67. The minimum absolute atomic E-state index is 0. The maximum Gasteiger partial charge on any atom is 0.321 e. The molecule has 1 aromatic rings. The van der Waals surface area contributed by atoms with Crippen molar-refractivity contribution >= 4 is 30.0 Å². The molecule has 8 heteroatoms. The van der Waals surface area contributed by atoms with Gasteiger partial charge >= 0.3 is 6.03 Å². The molecule has 1 atom stereocenters. The van der Waals surface area contributed by atoms with Crippen LogP contribution in [0.3, 0.4) is 0 Å². The van der Waals surface area contributed by atoms with E-state index in [9.17, 15) is 9.59 Å². The number of hydrogen-bond acceptors (Lipinski definition) is 4. The van der Waals surface area contributed by atoms with Crippen molar-refractivity contribution in [1.82, 2.24) is 9.80 Å². The number of anilines is 1. The van der Waals surface area contributed by atoms with Gasteiger partial charge in [0.25, 0.3) is 0 Å². The number of amides is 3. The smallest absolute Gasteiger partial charge is 0.321 e. The van der Waals surface area contributed by atoms with Gasteiger partial charge in [0.1, 0.15) is 0 Å². The number of halogens is 1. The number of carbonyl (C=O) groups excluding carboxylic acids is 2. The highest BCUT2D eigenvalue weighted by Crippen LogP contribution is 2.19. The van der Waals surface area contributed by atoms with Gasteiger partial charge in [0, 0.05) is 45.1 Å². The first-order valence-corrected chi connectivity index (χ1v) is 9.29. The van der Waals surface area contributed by atoms with Gasteiger partial charge in [-0.25, -0.2) is 4.79 Å². The lowest BCUT2D eigenvalue weighted by Gasteiger charge is -2.37. The Bertz CT molecular complexity index is 644. The van der Waals surface area contributed by atoms with Crippen LogP contribution in [0, 0.1) is 12.8 Å². The molecule has 0 bridgehead atoms. The molecule has 0 aromatic heterocycles. The number of urea groups is 1. The highest BCUT2D eigenvalue weighted by atomic mass is 35.5. The van der Waals surface area contributed by atoms with Gasteiger partial charge in [-0.05, 0) is 43.4 Å². The van der Waals surface area contributed by atoms with Crippen LogP contribution in [0.15, 0.2) is 24.3 Å². The summed E-state index contributed by atoms with van der Waals surface area (Å²) in [6, 6.07) is 7.12. The Kier molecular flexibility index (Phi) is 7.89. The normalized spacial score (nSPS) is 19.2. The summed E-state index contributed by atoms with van der Waals surface area (Å²) in [6.45, 7) is 5.43. The standard InChI is InChI=1S/C19H28N4O3.ClH/c1-14-3-2-4-16(13-14)21-19(25)23-9-7-22(8-10-23)18(24)17(20)15-5-11-26-12-6-15;/h2-4,13,15,17H,5-12,20H2,1H3,(H,21,25);1H. The van der Waals surface area contributed by atoms with Crippen LogP contribution in [-0.4, -0.2) is 67.2 Å². The SMILES string of the molecule is Cc1cccc(NC(=O)N2CCN(C(=O)C(N)C3CCOCC3)CC2)c1.Cl. The van der Waals surface area contributed by atoms with Gasteiger partial charge in [0.05, 0.1) is 6.04 Å². The quantitative estimate of drug-likeness (QED) is 0.816. The zero-order valence-corrected chi connectivity index (χ0v) is 16.5. The predicted octanol–water partition coefficient (Wildman–Crippen LogP) is 1.85. The summed E-state index contributed by atoms with van der Waals surface area (Å²) in [4.78, 5) is 28.6. The van der Waals surface area contributed by atoms with Crippen molar-refractivity contribution in [2.24, 2.45) is 11.7 Å². The molecule has 2 aliphatic rings. The lowest BCUT2D eigenvalue weighted by Crippen LogP contribution is -2.56. The molecule has 0 spiro atoms. The summed E-state index contributed by atoms with van der Waals surface area (Å²) >= 11 is 0. The Morgan fingerprint density at radius 3 is 2.41 bits per heavy atom. The van der Waals surface area contributed by atoms with E-state index in [0.29, 0.717) is 39.4 Å². The maximum atomic E-state index is 12.6. The number of aryl methyl sites for hydroxylation is 1. The number of hydrogen-bond donors (Lipinski definition) is 2. The van der Waals surface area contributed by atoms with Gasteiger partial charge in [-0.1, -0.05) is 12.1 Å². The van der Waals surface area contributed by atoms with Crippen LogP contribution in [0.25, 0.3) is 0 Å². The number of benzene rings is 1. The third-order valence-corrected chi connectivity index (χ3v) is 5.21. The number of ether oxygens (including phenoxy) is 1. The van der Waals surface area contributed by atoms with Crippen LogP contribution in [0.4, 0.5) is 10.5 Å². The first-order valence-electron chi connectivity index (χ1n) is 9.29. The molecule has 0 aliphatic carbocycles. The highest BCUT2D eigenvalue weighted by Gasteiger charge is 2.32. The molecule has 0 radical (unpaired) electrons. The van der Waals surface area contributed by atoms with Crippen LogP contribution in [0.5, 0.6) is 0 Å². The average molecular weight is 397 g/mol. The molecule has 2 aliphatic heterocycles. The van der Waals surface area contributed by atoms with Gasteiger partial charge in [-0.2, -0.15) is 0 Å². The van der Waals surface area contributed by atoms with Crippen molar-refractivity contribution in [2.45, 2.75) is 25.8 Å². The fourth-order valence-electron chi connectivity index (χ4n) is 3.54. The van der Waals surface area contributed by atoms with E-state index in [1.54, 1.807) is 9.80 Å². The minimum atomic E-state index is -0.466. The molecule has 0 saturated carbocycles. The van der Waals surface area contributed by atoms with Crippen molar-refractivity contribution < 1.29 is 14.3 Å². The lowest BCUT2D eigenvalue weighted by atomic mass is 9.91. The summed E-state index contributed by atoms with van der Waals surface area (Å²) < 4.78 is 5.34. The fraction of sp³-hybridized carbons (Fsp3) is 0.579. The van der Waals surface area contributed by atoms with E-state index in [-0.39, 0.29) is 30.3 Å². The van der Waals surface area contributed by atoms with Crippen LogP contribution >= 0.6 is 12.4 Å². The molecular formula is C19H29ClN4O3. The second kappa shape index (κ2) is 9.92. The van der Waals surface area contributed by atoms with Gasteiger partial charge in [0.2, 0.25) is 5.91 Å². The first-order chi connectivity index (χ1) is 12.5. The summed E-state index contributed by atoms with van der Waals surface area (Å²) in [5.41, 5.74) is 8.08. The molecule has 2 fully saturated rings. The molecular weight excluding hydrogens is 368 g/mol. The molecule has 7 nitrogen and oxygen atoms in total. The van der Waals surface area contributed by atoms with E-state index in [1.807, 2.05) is 31.2 Å².